The Hall–Kier alpha value is -2.03. The van der Waals surface area contributed by atoms with E-state index in [1.165, 1.54) is 18.4 Å². The summed E-state index contributed by atoms with van der Waals surface area (Å²) in [5, 5.41) is 0. The van der Waals surface area contributed by atoms with Crippen molar-refractivity contribution in [2.24, 2.45) is 5.92 Å². The third-order valence-corrected chi connectivity index (χ3v) is 3.87. The van der Waals surface area contributed by atoms with E-state index in [1.807, 2.05) is 24.3 Å². The summed E-state index contributed by atoms with van der Waals surface area (Å²) in [7, 11) is 0. The van der Waals surface area contributed by atoms with Crippen molar-refractivity contribution in [2.75, 3.05) is 13.2 Å². The predicted octanol–water partition coefficient (Wildman–Crippen LogP) is 4.52. The van der Waals surface area contributed by atoms with E-state index in [0.717, 1.165) is 23.8 Å². The lowest BCUT2D eigenvalue weighted by Gasteiger charge is -2.13. The van der Waals surface area contributed by atoms with Crippen LogP contribution < -0.4 is 9.47 Å². The van der Waals surface area contributed by atoms with Crippen LogP contribution in [0.2, 0.25) is 0 Å². The Morgan fingerprint density at radius 3 is 1.91 bits per heavy atom. The highest BCUT2D eigenvalue weighted by atomic mass is 16.5. The van der Waals surface area contributed by atoms with Crippen molar-refractivity contribution in [3.8, 4) is 11.5 Å². The van der Waals surface area contributed by atoms with Gasteiger partial charge in [-0.2, -0.15) is 0 Å². The van der Waals surface area contributed by atoms with Gasteiger partial charge in [0.1, 0.15) is 24.7 Å². The zero-order chi connectivity index (χ0) is 15.6. The Bertz CT molecular complexity index is 521. The lowest BCUT2D eigenvalue weighted by molar-refractivity contribution is 0.217. The summed E-state index contributed by atoms with van der Waals surface area (Å²) in [4.78, 5) is 3.95. The van der Waals surface area contributed by atoms with Crippen molar-refractivity contribution in [3.05, 3.63) is 54.4 Å². The van der Waals surface area contributed by atoms with Crippen LogP contribution in [0.1, 0.15) is 32.3 Å². The average Bonchev–Trinajstić information content (AvgIpc) is 2.58. The molecule has 0 fully saturated rings. The molecule has 22 heavy (non-hydrogen) atoms. The molecule has 0 N–H and O–H groups in total. The number of hydrogen-bond donors (Lipinski definition) is 0. The fourth-order valence-electron chi connectivity index (χ4n) is 2.39. The van der Waals surface area contributed by atoms with E-state index < -0.39 is 0 Å². The molecule has 0 aliphatic carbocycles. The summed E-state index contributed by atoms with van der Waals surface area (Å²) < 4.78 is 11.3. The smallest absolute Gasteiger partial charge is 0.122 e. The van der Waals surface area contributed by atoms with Crippen LogP contribution in [0.3, 0.4) is 0 Å². The molecule has 0 aliphatic heterocycles. The van der Waals surface area contributed by atoms with Crippen LogP contribution in [-0.4, -0.2) is 18.2 Å². The molecule has 2 rings (SSSR count). The second-order valence-corrected chi connectivity index (χ2v) is 5.41. The van der Waals surface area contributed by atoms with E-state index in [0.29, 0.717) is 13.2 Å². The monoisotopic (exact) mass is 299 g/mol. The number of rotatable bonds is 9. The summed E-state index contributed by atoms with van der Waals surface area (Å²) in [6.07, 6.45) is 7.06. The van der Waals surface area contributed by atoms with E-state index in [9.17, 15) is 0 Å². The first kappa shape index (κ1) is 16.3. The standard InChI is InChI=1S/C19H25NO2/c1-3-16(4-2)15-17-5-7-18(8-6-17)21-13-14-22-19-9-11-20-12-10-19/h5-12,16H,3-4,13-15H2,1-2H3. The molecular weight excluding hydrogens is 274 g/mol. The first-order valence-electron chi connectivity index (χ1n) is 8.06. The summed E-state index contributed by atoms with van der Waals surface area (Å²) in [6.45, 7) is 5.58. The Labute approximate surface area is 133 Å². The van der Waals surface area contributed by atoms with Gasteiger partial charge < -0.3 is 9.47 Å². The van der Waals surface area contributed by atoms with Crippen molar-refractivity contribution in [2.45, 2.75) is 33.1 Å². The van der Waals surface area contributed by atoms with Gasteiger partial charge in [0.2, 0.25) is 0 Å². The van der Waals surface area contributed by atoms with Crippen molar-refractivity contribution >= 4 is 0 Å². The fourth-order valence-corrected chi connectivity index (χ4v) is 2.39. The number of ether oxygens (including phenoxy) is 2. The summed E-state index contributed by atoms with van der Waals surface area (Å²) in [6, 6.07) is 12.1. The normalized spacial score (nSPS) is 10.7. The van der Waals surface area contributed by atoms with Gasteiger partial charge in [-0.3, -0.25) is 4.98 Å². The minimum atomic E-state index is 0.527. The van der Waals surface area contributed by atoms with Crippen LogP contribution >= 0.6 is 0 Å². The topological polar surface area (TPSA) is 31.4 Å². The van der Waals surface area contributed by atoms with Crippen LogP contribution in [0.4, 0.5) is 0 Å². The summed E-state index contributed by atoms with van der Waals surface area (Å²) in [5.41, 5.74) is 1.38. The Morgan fingerprint density at radius 1 is 0.818 bits per heavy atom. The highest BCUT2D eigenvalue weighted by Gasteiger charge is 2.05. The Morgan fingerprint density at radius 2 is 1.36 bits per heavy atom. The van der Waals surface area contributed by atoms with Crippen molar-refractivity contribution in [1.82, 2.24) is 4.98 Å². The molecule has 1 aromatic carbocycles. The second-order valence-electron chi connectivity index (χ2n) is 5.41. The maximum absolute atomic E-state index is 5.70. The highest BCUT2D eigenvalue weighted by Crippen LogP contribution is 2.18. The lowest BCUT2D eigenvalue weighted by Crippen LogP contribution is -2.09. The molecule has 0 aliphatic rings. The molecule has 0 unspecified atom stereocenters. The number of pyridine rings is 1. The number of aromatic nitrogens is 1. The second kappa shape index (κ2) is 9.08. The van der Waals surface area contributed by atoms with Gasteiger partial charge in [-0.05, 0) is 42.2 Å². The zero-order valence-corrected chi connectivity index (χ0v) is 13.5. The lowest BCUT2D eigenvalue weighted by atomic mass is 9.95. The molecule has 2 aromatic rings. The average molecular weight is 299 g/mol. The van der Waals surface area contributed by atoms with Gasteiger partial charge >= 0.3 is 0 Å². The number of hydrogen-bond acceptors (Lipinski definition) is 3. The summed E-state index contributed by atoms with van der Waals surface area (Å²) in [5.74, 6) is 2.49. The molecule has 1 aromatic heterocycles. The highest BCUT2D eigenvalue weighted by molar-refractivity contribution is 5.27. The molecule has 0 radical (unpaired) electrons. The van der Waals surface area contributed by atoms with Crippen LogP contribution in [0.25, 0.3) is 0 Å². The van der Waals surface area contributed by atoms with E-state index in [-0.39, 0.29) is 0 Å². The van der Waals surface area contributed by atoms with Gasteiger partial charge in [-0.15, -0.1) is 0 Å². The molecular formula is C19H25NO2. The fraction of sp³-hybridized carbons (Fsp3) is 0.421. The van der Waals surface area contributed by atoms with Crippen LogP contribution in [-0.2, 0) is 6.42 Å². The van der Waals surface area contributed by atoms with Crippen LogP contribution in [0, 0.1) is 5.92 Å². The number of benzene rings is 1. The van der Waals surface area contributed by atoms with Crippen molar-refractivity contribution in [3.63, 3.8) is 0 Å². The largest absolute Gasteiger partial charge is 0.490 e. The van der Waals surface area contributed by atoms with Gasteiger partial charge in [-0.1, -0.05) is 38.8 Å². The van der Waals surface area contributed by atoms with Crippen molar-refractivity contribution < 1.29 is 9.47 Å². The first-order chi connectivity index (χ1) is 10.8. The molecule has 0 saturated carbocycles. The van der Waals surface area contributed by atoms with Crippen molar-refractivity contribution in [1.29, 1.82) is 0 Å². The van der Waals surface area contributed by atoms with E-state index in [1.54, 1.807) is 12.4 Å². The minimum absolute atomic E-state index is 0.527. The van der Waals surface area contributed by atoms with Gasteiger partial charge in [-0.25, -0.2) is 0 Å². The molecule has 0 bridgehead atoms. The van der Waals surface area contributed by atoms with Gasteiger partial charge in [0.15, 0.2) is 0 Å². The molecule has 0 atom stereocenters. The van der Waals surface area contributed by atoms with Gasteiger partial charge in [0.25, 0.3) is 0 Å². The minimum Gasteiger partial charge on any atom is -0.490 e. The SMILES string of the molecule is CCC(CC)Cc1ccc(OCCOc2ccncc2)cc1. The van der Waals surface area contributed by atoms with Crippen LogP contribution in [0.5, 0.6) is 11.5 Å². The zero-order valence-electron chi connectivity index (χ0n) is 13.5. The first-order valence-corrected chi connectivity index (χ1v) is 8.06. The van der Waals surface area contributed by atoms with E-state index >= 15 is 0 Å². The third kappa shape index (κ3) is 5.40. The quantitative estimate of drug-likeness (QED) is 0.638. The van der Waals surface area contributed by atoms with E-state index in [2.05, 4.69) is 31.0 Å². The number of nitrogens with zero attached hydrogens (tertiary/aromatic N) is 1. The molecule has 0 amide bonds. The Balaban J connectivity index is 1.72. The Kier molecular flexibility index (Phi) is 6.75. The molecule has 3 heteroatoms. The summed E-state index contributed by atoms with van der Waals surface area (Å²) >= 11 is 0. The van der Waals surface area contributed by atoms with Crippen LogP contribution in [0.15, 0.2) is 48.8 Å². The molecule has 0 spiro atoms. The predicted molar refractivity (Wildman–Crippen MR) is 89.4 cm³/mol. The molecule has 3 nitrogen and oxygen atoms in total. The maximum Gasteiger partial charge on any atom is 0.122 e. The molecule has 0 saturated heterocycles. The van der Waals surface area contributed by atoms with Gasteiger partial charge in [0, 0.05) is 12.4 Å². The maximum atomic E-state index is 5.70. The third-order valence-electron chi connectivity index (χ3n) is 3.87. The van der Waals surface area contributed by atoms with Gasteiger partial charge in [0.05, 0.1) is 0 Å². The molecule has 118 valence electrons. The van der Waals surface area contributed by atoms with E-state index in [4.69, 9.17) is 9.47 Å². The molecule has 1 heterocycles.